The summed E-state index contributed by atoms with van der Waals surface area (Å²) in [6.07, 6.45) is 1.03. The SMILES string of the molecule is Cc1cc(NC(=O)c2cccc(S(=O)(=O)N3CC(C)CC(C)C3)c2)n[nH]1. The summed E-state index contributed by atoms with van der Waals surface area (Å²) in [4.78, 5) is 12.6. The highest BCUT2D eigenvalue weighted by Gasteiger charge is 2.31. The molecule has 0 saturated carbocycles. The van der Waals surface area contributed by atoms with Gasteiger partial charge in [0, 0.05) is 30.4 Å². The predicted octanol–water partition coefficient (Wildman–Crippen LogP) is 2.64. The summed E-state index contributed by atoms with van der Waals surface area (Å²) in [5.74, 6) is 0.652. The van der Waals surface area contributed by atoms with Crippen LogP contribution in [0.1, 0.15) is 36.3 Å². The average Bonchev–Trinajstić information content (AvgIpc) is 2.99. The lowest BCUT2D eigenvalue weighted by Crippen LogP contribution is -2.42. The van der Waals surface area contributed by atoms with E-state index in [1.807, 2.05) is 6.92 Å². The number of hydrogen-bond acceptors (Lipinski definition) is 4. The fraction of sp³-hybridized carbons (Fsp3) is 0.444. The third-order valence-corrected chi connectivity index (χ3v) is 6.34. The Morgan fingerprint density at radius 3 is 2.54 bits per heavy atom. The van der Waals surface area contributed by atoms with Crippen molar-refractivity contribution in [3.63, 3.8) is 0 Å². The largest absolute Gasteiger partial charge is 0.305 e. The van der Waals surface area contributed by atoms with Gasteiger partial charge in [0.15, 0.2) is 5.82 Å². The van der Waals surface area contributed by atoms with Crippen LogP contribution >= 0.6 is 0 Å². The molecule has 0 spiro atoms. The van der Waals surface area contributed by atoms with Crippen molar-refractivity contribution >= 4 is 21.7 Å². The number of rotatable bonds is 4. The minimum atomic E-state index is -3.62. The third-order valence-electron chi connectivity index (χ3n) is 4.52. The second-order valence-electron chi connectivity index (χ2n) is 7.19. The molecule has 1 aliphatic rings. The van der Waals surface area contributed by atoms with Crippen molar-refractivity contribution in [2.24, 2.45) is 11.8 Å². The van der Waals surface area contributed by atoms with Crippen LogP contribution < -0.4 is 5.32 Å². The van der Waals surface area contributed by atoms with Gasteiger partial charge in [0.1, 0.15) is 0 Å². The van der Waals surface area contributed by atoms with Crippen LogP contribution in [0.25, 0.3) is 0 Å². The minimum Gasteiger partial charge on any atom is -0.305 e. The topological polar surface area (TPSA) is 95.2 Å². The van der Waals surface area contributed by atoms with Crippen molar-refractivity contribution in [2.75, 3.05) is 18.4 Å². The first-order chi connectivity index (χ1) is 12.3. The molecule has 3 rings (SSSR count). The standard InChI is InChI=1S/C18H24N4O3S/c1-12-7-13(2)11-22(10-12)26(24,25)16-6-4-5-15(9-16)18(23)19-17-8-14(3)20-21-17/h4-6,8-9,12-13H,7,10-11H2,1-3H3,(H2,19,20,21,23). The number of piperidine rings is 1. The maximum absolute atomic E-state index is 13.0. The molecule has 2 atom stereocenters. The molecule has 7 nitrogen and oxygen atoms in total. The molecule has 0 aliphatic carbocycles. The monoisotopic (exact) mass is 376 g/mol. The van der Waals surface area contributed by atoms with E-state index in [1.165, 1.54) is 16.4 Å². The number of amides is 1. The van der Waals surface area contributed by atoms with Crippen LogP contribution in [0.5, 0.6) is 0 Å². The van der Waals surface area contributed by atoms with Gasteiger partial charge in [0.2, 0.25) is 10.0 Å². The fourth-order valence-corrected chi connectivity index (χ4v) is 5.15. The number of nitrogens with zero attached hydrogens (tertiary/aromatic N) is 2. The Hall–Kier alpha value is -2.19. The van der Waals surface area contributed by atoms with Gasteiger partial charge in [-0.1, -0.05) is 19.9 Å². The van der Waals surface area contributed by atoms with Crippen LogP contribution in [0.3, 0.4) is 0 Å². The van der Waals surface area contributed by atoms with E-state index in [-0.39, 0.29) is 10.5 Å². The van der Waals surface area contributed by atoms with Gasteiger partial charge in [0.25, 0.3) is 5.91 Å². The minimum absolute atomic E-state index is 0.143. The number of aromatic nitrogens is 2. The summed E-state index contributed by atoms with van der Waals surface area (Å²) >= 11 is 0. The number of sulfonamides is 1. The lowest BCUT2D eigenvalue weighted by molar-refractivity contribution is 0.102. The van der Waals surface area contributed by atoms with Crippen molar-refractivity contribution in [3.8, 4) is 0 Å². The van der Waals surface area contributed by atoms with Crippen LogP contribution in [0, 0.1) is 18.8 Å². The highest BCUT2D eigenvalue weighted by Crippen LogP contribution is 2.27. The van der Waals surface area contributed by atoms with E-state index in [9.17, 15) is 13.2 Å². The zero-order valence-corrected chi connectivity index (χ0v) is 16.0. The molecule has 1 aliphatic heterocycles. The molecule has 1 aromatic heterocycles. The number of anilines is 1. The van der Waals surface area contributed by atoms with Crippen LogP contribution in [-0.2, 0) is 10.0 Å². The highest BCUT2D eigenvalue weighted by molar-refractivity contribution is 7.89. The molecule has 0 radical (unpaired) electrons. The van der Waals surface area contributed by atoms with Crippen LogP contribution in [0.4, 0.5) is 5.82 Å². The summed E-state index contributed by atoms with van der Waals surface area (Å²) in [7, 11) is -3.62. The van der Waals surface area contributed by atoms with E-state index in [1.54, 1.807) is 18.2 Å². The summed E-state index contributed by atoms with van der Waals surface area (Å²) in [6.45, 7) is 6.98. The molecule has 1 saturated heterocycles. The van der Waals surface area contributed by atoms with Gasteiger partial charge >= 0.3 is 0 Å². The molecule has 26 heavy (non-hydrogen) atoms. The molecule has 1 amide bonds. The van der Waals surface area contributed by atoms with Crippen molar-refractivity contribution in [1.82, 2.24) is 14.5 Å². The number of benzene rings is 1. The van der Waals surface area contributed by atoms with E-state index in [4.69, 9.17) is 0 Å². The molecule has 8 heteroatoms. The number of hydrogen-bond donors (Lipinski definition) is 2. The van der Waals surface area contributed by atoms with Crippen molar-refractivity contribution in [2.45, 2.75) is 32.1 Å². The molecule has 0 bridgehead atoms. The predicted molar refractivity (Wildman–Crippen MR) is 99.4 cm³/mol. The highest BCUT2D eigenvalue weighted by atomic mass is 32.2. The van der Waals surface area contributed by atoms with Gasteiger partial charge < -0.3 is 5.32 Å². The fourth-order valence-electron chi connectivity index (χ4n) is 3.42. The Balaban J connectivity index is 1.82. The van der Waals surface area contributed by atoms with Gasteiger partial charge in [-0.05, 0) is 43.4 Å². The van der Waals surface area contributed by atoms with Crippen LogP contribution in [0.15, 0.2) is 35.2 Å². The van der Waals surface area contributed by atoms with Crippen LogP contribution in [-0.4, -0.2) is 41.9 Å². The summed E-state index contributed by atoms with van der Waals surface area (Å²) in [5, 5.41) is 9.37. The van der Waals surface area contributed by atoms with Gasteiger partial charge in [-0.25, -0.2) is 8.42 Å². The smallest absolute Gasteiger partial charge is 0.256 e. The Kier molecular flexibility index (Phi) is 5.15. The zero-order valence-electron chi connectivity index (χ0n) is 15.2. The Morgan fingerprint density at radius 1 is 1.23 bits per heavy atom. The van der Waals surface area contributed by atoms with Crippen molar-refractivity contribution in [1.29, 1.82) is 0 Å². The molecule has 1 fully saturated rings. The van der Waals surface area contributed by atoms with E-state index in [0.717, 1.165) is 12.1 Å². The average molecular weight is 376 g/mol. The third kappa shape index (κ3) is 3.96. The molecule has 2 unspecified atom stereocenters. The van der Waals surface area contributed by atoms with E-state index >= 15 is 0 Å². The maximum Gasteiger partial charge on any atom is 0.256 e. The van der Waals surface area contributed by atoms with Crippen molar-refractivity contribution in [3.05, 3.63) is 41.6 Å². The molecular formula is C18H24N4O3S. The number of aromatic amines is 1. The molecule has 1 aromatic carbocycles. The second kappa shape index (κ2) is 7.20. The molecule has 2 N–H and O–H groups in total. The molecular weight excluding hydrogens is 352 g/mol. The van der Waals surface area contributed by atoms with Crippen LogP contribution in [0.2, 0.25) is 0 Å². The first-order valence-electron chi connectivity index (χ1n) is 8.69. The molecule has 140 valence electrons. The number of carbonyl (C=O) groups is 1. The Bertz CT molecular complexity index is 897. The van der Waals surface area contributed by atoms with Gasteiger partial charge in [-0.3, -0.25) is 9.89 Å². The van der Waals surface area contributed by atoms with Gasteiger partial charge in [-0.2, -0.15) is 9.40 Å². The first-order valence-corrected chi connectivity index (χ1v) is 10.1. The van der Waals surface area contributed by atoms with Crippen molar-refractivity contribution < 1.29 is 13.2 Å². The van der Waals surface area contributed by atoms with E-state index in [0.29, 0.717) is 30.7 Å². The lowest BCUT2D eigenvalue weighted by Gasteiger charge is -2.34. The Morgan fingerprint density at radius 2 is 1.92 bits per heavy atom. The second-order valence-corrected chi connectivity index (χ2v) is 9.12. The normalized spacial score (nSPS) is 21.5. The molecule has 2 aromatic rings. The number of H-pyrrole nitrogens is 1. The van der Waals surface area contributed by atoms with E-state index < -0.39 is 15.9 Å². The summed E-state index contributed by atoms with van der Waals surface area (Å²) in [5.41, 5.74) is 1.11. The summed E-state index contributed by atoms with van der Waals surface area (Å²) in [6, 6.07) is 7.85. The molecule has 2 heterocycles. The number of aryl methyl sites for hydroxylation is 1. The quantitative estimate of drug-likeness (QED) is 0.857. The number of nitrogens with one attached hydrogen (secondary N) is 2. The van der Waals surface area contributed by atoms with E-state index in [2.05, 4.69) is 29.4 Å². The first kappa shape index (κ1) is 18.6. The number of carbonyl (C=O) groups excluding carboxylic acids is 1. The van der Waals surface area contributed by atoms with Gasteiger partial charge in [0.05, 0.1) is 4.90 Å². The maximum atomic E-state index is 13.0. The van der Waals surface area contributed by atoms with Gasteiger partial charge in [-0.15, -0.1) is 0 Å². The summed E-state index contributed by atoms with van der Waals surface area (Å²) < 4.78 is 27.5. The zero-order chi connectivity index (χ0) is 18.9. The lowest BCUT2D eigenvalue weighted by atomic mass is 9.94. The Labute approximate surface area is 153 Å².